The lowest BCUT2D eigenvalue weighted by Gasteiger charge is -2.34. The van der Waals surface area contributed by atoms with E-state index in [0.717, 1.165) is 11.4 Å². The molecular formula is C22H24ClN5O3. The first-order chi connectivity index (χ1) is 14.8. The van der Waals surface area contributed by atoms with Crippen LogP contribution in [-0.2, 0) is 0 Å². The maximum Gasteiger partial charge on any atom is 0.292 e. The molecule has 1 saturated heterocycles. The molecular weight excluding hydrogens is 418 g/mol. The number of aromatic nitrogens is 3. The molecule has 3 heterocycles. The number of hydrogen-bond donors (Lipinski definition) is 0. The first kappa shape index (κ1) is 21.1. The Morgan fingerprint density at radius 1 is 1.06 bits per heavy atom. The van der Waals surface area contributed by atoms with E-state index in [1.807, 2.05) is 32.0 Å². The number of benzene rings is 1. The Bertz CT molecular complexity index is 1110. The molecule has 8 nitrogen and oxygen atoms in total. The van der Waals surface area contributed by atoms with Crippen LogP contribution in [-0.4, -0.2) is 62.7 Å². The van der Waals surface area contributed by atoms with Crippen LogP contribution in [0.5, 0.6) is 0 Å². The van der Waals surface area contributed by atoms with Gasteiger partial charge in [-0.1, -0.05) is 36.7 Å². The topological polar surface area (TPSA) is 84.5 Å². The van der Waals surface area contributed by atoms with Crippen LogP contribution in [0.1, 0.15) is 52.1 Å². The third-order valence-electron chi connectivity index (χ3n) is 5.33. The first-order valence-electron chi connectivity index (χ1n) is 10.2. The van der Waals surface area contributed by atoms with Crippen molar-refractivity contribution in [3.05, 3.63) is 64.3 Å². The van der Waals surface area contributed by atoms with Gasteiger partial charge in [-0.25, -0.2) is 4.68 Å². The summed E-state index contributed by atoms with van der Waals surface area (Å²) in [7, 11) is 0. The fourth-order valence-corrected chi connectivity index (χ4v) is 3.98. The number of hydrogen-bond acceptors (Lipinski definition) is 5. The Morgan fingerprint density at radius 2 is 1.74 bits per heavy atom. The number of piperazine rings is 1. The predicted octanol–water partition coefficient (Wildman–Crippen LogP) is 3.54. The average Bonchev–Trinajstić information content (AvgIpc) is 3.39. The van der Waals surface area contributed by atoms with Crippen molar-refractivity contribution >= 4 is 23.4 Å². The summed E-state index contributed by atoms with van der Waals surface area (Å²) in [6, 6.07) is 9.02. The summed E-state index contributed by atoms with van der Waals surface area (Å²) in [5.41, 5.74) is 2.88. The molecule has 0 aliphatic carbocycles. The summed E-state index contributed by atoms with van der Waals surface area (Å²) in [4.78, 5) is 29.3. The summed E-state index contributed by atoms with van der Waals surface area (Å²) >= 11 is 6.14. The molecule has 0 bridgehead atoms. The minimum Gasteiger partial charge on any atom is -0.351 e. The maximum atomic E-state index is 13.3. The molecule has 0 spiro atoms. The average molecular weight is 442 g/mol. The van der Waals surface area contributed by atoms with Gasteiger partial charge >= 0.3 is 0 Å². The molecule has 162 valence electrons. The Morgan fingerprint density at radius 3 is 2.32 bits per heavy atom. The Kier molecular flexibility index (Phi) is 5.82. The van der Waals surface area contributed by atoms with Crippen LogP contribution in [0.25, 0.3) is 5.69 Å². The SMILES string of the molecule is Cc1cc(C(=O)N2CCN(C(=O)c3cnn(-c4cccc(Cl)c4)c3C(C)C)CC2)on1. The number of amides is 2. The van der Waals surface area contributed by atoms with Crippen LogP contribution in [0.2, 0.25) is 5.02 Å². The lowest BCUT2D eigenvalue weighted by atomic mass is 10.0. The van der Waals surface area contributed by atoms with Crippen molar-refractivity contribution in [1.82, 2.24) is 24.7 Å². The van der Waals surface area contributed by atoms with Crippen LogP contribution in [0.3, 0.4) is 0 Å². The highest BCUT2D eigenvalue weighted by atomic mass is 35.5. The van der Waals surface area contributed by atoms with E-state index in [4.69, 9.17) is 16.1 Å². The van der Waals surface area contributed by atoms with Crippen LogP contribution in [0, 0.1) is 6.92 Å². The summed E-state index contributed by atoms with van der Waals surface area (Å²) in [6.07, 6.45) is 1.62. The lowest BCUT2D eigenvalue weighted by molar-refractivity contribution is 0.0512. The molecule has 0 atom stereocenters. The summed E-state index contributed by atoms with van der Waals surface area (Å²) < 4.78 is 6.85. The predicted molar refractivity (Wildman–Crippen MR) is 116 cm³/mol. The Hall–Kier alpha value is -3.13. The molecule has 2 aromatic heterocycles. The second-order valence-electron chi connectivity index (χ2n) is 7.91. The molecule has 0 saturated carbocycles. The van der Waals surface area contributed by atoms with E-state index in [1.54, 1.807) is 39.7 Å². The third-order valence-corrected chi connectivity index (χ3v) is 5.56. The Labute approximate surface area is 185 Å². The highest BCUT2D eigenvalue weighted by molar-refractivity contribution is 6.30. The molecule has 3 aromatic rings. The number of carbonyl (C=O) groups is 2. The summed E-state index contributed by atoms with van der Waals surface area (Å²) in [5, 5.41) is 8.86. The van der Waals surface area contributed by atoms with Crippen molar-refractivity contribution in [2.24, 2.45) is 0 Å². The van der Waals surface area contributed by atoms with Gasteiger partial charge < -0.3 is 14.3 Å². The molecule has 1 aliphatic heterocycles. The van der Waals surface area contributed by atoms with Gasteiger partial charge in [0.05, 0.1) is 28.8 Å². The van der Waals surface area contributed by atoms with Crippen LogP contribution in [0.15, 0.2) is 41.1 Å². The van der Waals surface area contributed by atoms with Crippen molar-refractivity contribution < 1.29 is 14.1 Å². The number of rotatable bonds is 4. The molecule has 1 aliphatic rings. The van der Waals surface area contributed by atoms with Crippen molar-refractivity contribution in [3.63, 3.8) is 0 Å². The van der Waals surface area contributed by atoms with Gasteiger partial charge in [0.2, 0.25) is 5.76 Å². The number of carbonyl (C=O) groups excluding carboxylic acids is 2. The van der Waals surface area contributed by atoms with E-state index >= 15 is 0 Å². The van der Waals surface area contributed by atoms with Gasteiger partial charge in [0.25, 0.3) is 11.8 Å². The van der Waals surface area contributed by atoms with Crippen LogP contribution >= 0.6 is 11.6 Å². The first-order valence-corrected chi connectivity index (χ1v) is 10.6. The molecule has 9 heteroatoms. The van der Waals surface area contributed by atoms with Crippen molar-refractivity contribution in [2.45, 2.75) is 26.7 Å². The summed E-state index contributed by atoms with van der Waals surface area (Å²) in [5.74, 6) is 0.0177. The molecule has 0 N–H and O–H groups in total. The van der Waals surface area contributed by atoms with Crippen molar-refractivity contribution in [1.29, 1.82) is 0 Å². The van der Waals surface area contributed by atoms with Crippen molar-refractivity contribution in [3.8, 4) is 5.69 Å². The normalized spacial score (nSPS) is 14.4. The zero-order chi connectivity index (χ0) is 22.1. The zero-order valence-electron chi connectivity index (χ0n) is 17.7. The van der Waals surface area contributed by atoms with E-state index in [-0.39, 0.29) is 23.5 Å². The maximum absolute atomic E-state index is 13.3. The quantitative estimate of drug-likeness (QED) is 0.618. The van der Waals surface area contributed by atoms with Crippen LogP contribution in [0.4, 0.5) is 0 Å². The van der Waals surface area contributed by atoms with Crippen molar-refractivity contribution in [2.75, 3.05) is 26.2 Å². The molecule has 1 aromatic carbocycles. The zero-order valence-corrected chi connectivity index (χ0v) is 18.5. The second kappa shape index (κ2) is 8.55. The Balaban J connectivity index is 1.51. The van der Waals surface area contributed by atoms with Gasteiger partial charge in [-0.3, -0.25) is 9.59 Å². The van der Waals surface area contributed by atoms with Gasteiger partial charge in [-0.15, -0.1) is 0 Å². The minimum absolute atomic E-state index is 0.0815. The number of halogens is 1. The highest BCUT2D eigenvalue weighted by Crippen LogP contribution is 2.26. The molecule has 31 heavy (non-hydrogen) atoms. The van der Waals surface area contributed by atoms with E-state index in [0.29, 0.717) is 42.5 Å². The van der Waals surface area contributed by atoms with Gasteiger partial charge in [0, 0.05) is 37.3 Å². The summed E-state index contributed by atoms with van der Waals surface area (Å²) in [6.45, 7) is 7.59. The molecule has 4 rings (SSSR count). The van der Waals surface area contributed by atoms with E-state index in [9.17, 15) is 9.59 Å². The molecule has 0 unspecified atom stereocenters. The van der Waals surface area contributed by atoms with Gasteiger partial charge in [-0.05, 0) is 31.0 Å². The lowest BCUT2D eigenvalue weighted by Crippen LogP contribution is -2.50. The van der Waals surface area contributed by atoms with E-state index in [2.05, 4.69) is 10.3 Å². The van der Waals surface area contributed by atoms with E-state index in [1.165, 1.54) is 0 Å². The molecule has 2 amide bonds. The minimum atomic E-state index is -0.204. The molecule has 0 radical (unpaired) electrons. The highest BCUT2D eigenvalue weighted by Gasteiger charge is 2.30. The standard InChI is InChI=1S/C22H24ClN5O3/c1-14(2)20-18(13-24-28(20)17-6-4-5-16(23)12-17)21(29)26-7-9-27(10-8-26)22(30)19-11-15(3)25-31-19/h4-6,11-14H,7-10H2,1-3H3. The van der Waals surface area contributed by atoms with Gasteiger partial charge in [-0.2, -0.15) is 5.10 Å². The van der Waals surface area contributed by atoms with E-state index < -0.39 is 0 Å². The second-order valence-corrected chi connectivity index (χ2v) is 8.34. The largest absolute Gasteiger partial charge is 0.351 e. The smallest absolute Gasteiger partial charge is 0.292 e. The molecule has 1 fully saturated rings. The fraction of sp³-hybridized carbons (Fsp3) is 0.364. The number of nitrogens with zero attached hydrogens (tertiary/aromatic N) is 5. The fourth-order valence-electron chi connectivity index (χ4n) is 3.80. The number of aryl methyl sites for hydroxylation is 1. The van der Waals surface area contributed by atoms with Gasteiger partial charge in [0.15, 0.2) is 0 Å². The monoisotopic (exact) mass is 441 g/mol. The van der Waals surface area contributed by atoms with Crippen LogP contribution < -0.4 is 0 Å². The van der Waals surface area contributed by atoms with Gasteiger partial charge in [0.1, 0.15) is 0 Å². The third kappa shape index (κ3) is 4.20.